The van der Waals surface area contributed by atoms with Gasteiger partial charge < -0.3 is 24.0 Å². The molecule has 0 rings (SSSR count). The van der Waals surface area contributed by atoms with Crippen LogP contribution in [0.1, 0.15) is 110 Å². The second kappa shape index (κ2) is 38.6. The first-order valence-corrected chi connectivity index (χ1v) is 22.9. The highest BCUT2D eigenvalue weighted by molar-refractivity contribution is 7.47. The van der Waals surface area contributed by atoms with Gasteiger partial charge in [-0.2, -0.15) is 0 Å². The van der Waals surface area contributed by atoms with E-state index in [0.717, 1.165) is 64.2 Å². The van der Waals surface area contributed by atoms with Crippen molar-refractivity contribution in [3.63, 3.8) is 0 Å². The Hall–Kier alpha value is -3.63. The molecule has 0 spiro atoms. The van der Waals surface area contributed by atoms with Gasteiger partial charge in [0, 0.05) is 12.8 Å². The van der Waals surface area contributed by atoms with E-state index in [1.165, 1.54) is 0 Å². The normalized spacial score (nSPS) is 15.3. The molecule has 11 heteroatoms. The van der Waals surface area contributed by atoms with Crippen LogP contribution in [0.15, 0.2) is 122 Å². The molecule has 0 amide bonds. The summed E-state index contributed by atoms with van der Waals surface area (Å²) in [5.41, 5.74) is 0. The molecule has 332 valence electrons. The van der Waals surface area contributed by atoms with Crippen LogP contribution in [-0.4, -0.2) is 86.1 Å². The molecule has 0 aromatic heterocycles. The Morgan fingerprint density at radius 2 is 1.14 bits per heavy atom. The second-order valence-electron chi connectivity index (χ2n) is 14.8. The van der Waals surface area contributed by atoms with Crippen LogP contribution in [0.5, 0.6) is 0 Å². The van der Waals surface area contributed by atoms with Crippen molar-refractivity contribution in [2.24, 2.45) is 0 Å². The molecule has 0 saturated heterocycles. The zero-order valence-electron chi connectivity index (χ0n) is 36.8. The van der Waals surface area contributed by atoms with Crippen molar-refractivity contribution < 1.29 is 47.2 Å². The number of phosphoric acid groups is 1. The Labute approximate surface area is 357 Å². The van der Waals surface area contributed by atoms with Crippen LogP contribution >= 0.6 is 7.82 Å². The Morgan fingerprint density at radius 3 is 1.69 bits per heavy atom. The maximum Gasteiger partial charge on any atom is 0.472 e. The Balaban J connectivity index is 4.70. The van der Waals surface area contributed by atoms with Gasteiger partial charge in [-0.15, -0.1) is 0 Å². The summed E-state index contributed by atoms with van der Waals surface area (Å²) in [4.78, 5) is 35.3. The molecule has 0 aromatic rings. The van der Waals surface area contributed by atoms with Crippen molar-refractivity contribution in [2.75, 3.05) is 47.5 Å². The number of quaternary nitrogens is 1. The first kappa shape index (κ1) is 55.4. The molecule has 10 nitrogen and oxygen atoms in total. The van der Waals surface area contributed by atoms with Gasteiger partial charge in [0.1, 0.15) is 19.8 Å². The zero-order chi connectivity index (χ0) is 43.7. The fraction of sp³-hybridized carbons (Fsp3) is 0.542. The lowest BCUT2D eigenvalue weighted by atomic mass is 10.2. The first-order chi connectivity index (χ1) is 28.4. The Bertz CT molecular complexity index is 1430. The molecular weight excluding hydrogens is 766 g/mol. The minimum atomic E-state index is -4.44. The van der Waals surface area contributed by atoms with Crippen LogP contribution in [0, 0.1) is 0 Å². The number of rotatable bonds is 36. The van der Waals surface area contributed by atoms with Crippen LogP contribution in [0.2, 0.25) is 0 Å². The highest BCUT2D eigenvalue weighted by atomic mass is 31.2. The van der Waals surface area contributed by atoms with E-state index < -0.39 is 38.6 Å². The molecule has 0 radical (unpaired) electrons. The highest BCUT2D eigenvalue weighted by Crippen LogP contribution is 2.43. The SMILES string of the molecule is CC/C=C\C/C=C\C/C=C\C/C=C\C=C/C(O)C/C=C\CCC(=O)O[C@H](COC(=O)CCCC/C=C\C/C=C\C/C=C\C/C=C\CC)COP(=O)(O)OCC[N+](C)(C)C. The minimum Gasteiger partial charge on any atom is -0.462 e. The van der Waals surface area contributed by atoms with Crippen molar-refractivity contribution in [1.82, 2.24) is 0 Å². The quantitative estimate of drug-likeness (QED) is 0.0158. The fourth-order valence-corrected chi connectivity index (χ4v) is 5.50. The number of likely N-dealkylation sites (N-methyl/N-ethyl adjacent to an activating group) is 1. The van der Waals surface area contributed by atoms with Crippen LogP contribution in [0.25, 0.3) is 0 Å². The number of hydrogen-bond acceptors (Lipinski definition) is 8. The van der Waals surface area contributed by atoms with Crippen LogP contribution in [0.3, 0.4) is 0 Å². The molecule has 0 aliphatic rings. The van der Waals surface area contributed by atoms with Gasteiger partial charge in [-0.3, -0.25) is 18.6 Å². The number of carbonyl (C=O) groups is 2. The molecule has 0 heterocycles. The lowest BCUT2D eigenvalue weighted by Crippen LogP contribution is -2.37. The largest absolute Gasteiger partial charge is 0.472 e. The summed E-state index contributed by atoms with van der Waals surface area (Å²) in [5, 5.41) is 10.2. The van der Waals surface area contributed by atoms with E-state index in [1.807, 2.05) is 39.4 Å². The number of allylic oxidation sites excluding steroid dienone is 18. The third kappa shape index (κ3) is 42.3. The number of hydrogen-bond donors (Lipinski definition) is 2. The molecule has 0 fully saturated rings. The third-order valence-electron chi connectivity index (χ3n) is 8.08. The lowest BCUT2D eigenvalue weighted by molar-refractivity contribution is -0.870. The summed E-state index contributed by atoms with van der Waals surface area (Å²) in [7, 11) is 1.32. The lowest BCUT2D eigenvalue weighted by Gasteiger charge is -2.24. The van der Waals surface area contributed by atoms with Crippen LogP contribution in [-0.2, 0) is 32.7 Å². The van der Waals surface area contributed by atoms with E-state index in [-0.39, 0.29) is 26.1 Å². The van der Waals surface area contributed by atoms with Crippen molar-refractivity contribution in [2.45, 2.75) is 122 Å². The smallest absolute Gasteiger partial charge is 0.462 e. The number of esters is 2. The molecule has 59 heavy (non-hydrogen) atoms. The molecule has 2 unspecified atom stereocenters. The maximum atomic E-state index is 12.7. The zero-order valence-corrected chi connectivity index (χ0v) is 37.7. The highest BCUT2D eigenvalue weighted by Gasteiger charge is 2.27. The van der Waals surface area contributed by atoms with Gasteiger partial charge in [-0.25, -0.2) is 4.57 Å². The molecule has 0 aromatic carbocycles. The summed E-state index contributed by atoms with van der Waals surface area (Å²) in [6.07, 6.45) is 50.1. The number of phosphoric ester groups is 1. The number of aliphatic hydroxyl groups is 1. The second-order valence-corrected chi connectivity index (χ2v) is 16.3. The molecule has 0 saturated carbocycles. The monoisotopic (exact) mass is 843 g/mol. The molecular formula is C48H77NO9P+. The number of unbranched alkanes of at least 4 members (excludes halogenated alkanes) is 2. The average Bonchev–Trinajstić information content (AvgIpc) is 3.18. The van der Waals surface area contributed by atoms with Crippen molar-refractivity contribution in [3.8, 4) is 0 Å². The number of aliphatic hydroxyl groups excluding tert-OH is 1. The average molecular weight is 843 g/mol. The summed E-state index contributed by atoms with van der Waals surface area (Å²) in [5.74, 6) is -1.05. The van der Waals surface area contributed by atoms with Gasteiger partial charge in [0.25, 0.3) is 0 Å². The first-order valence-electron chi connectivity index (χ1n) is 21.4. The van der Waals surface area contributed by atoms with Crippen LogP contribution < -0.4 is 0 Å². The van der Waals surface area contributed by atoms with E-state index in [1.54, 1.807) is 18.2 Å². The predicted octanol–water partition coefficient (Wildman–Crippen LogP) is 11.1. The summed E-state index contributed by atoms with van der Waals surface area (Å²) < 4.78 is 34.0. The topological polar surface area (TPSA) is 129 Å². The van der Waals surface area contributed by atoms with Crippen LogP contribution in [0.4, 0.5) is 0 Å². The Kier molecular flexibility index (Phi) is 36.2. The van der Waals surface area contributed by atoms with E-state index in [4.69, 9.17) is 18.5 Å². The summed E-state index contributed by atoms with van der Waals surface area (Å²) in [6, 6.07) is 0. The summed E-state index contributed by atoms with van der Waals surface area (Å²) >= 11 is 0. The van der Waals surface area contributed by atoms with Gasteiger partial charge in [0.15, 0.2) is 6.10 Å². The van der Waals surface area contributed by atoms with E-state index in [2.05, 4.69) is 98.9 Å². The Morgan fingerprint density at radius 1 is 0.610 bits per heavy atom. The van der Waals surface area contributed by atoms with E-state index >= 15 is 0 Å². The molecule has 2 N–H and O–H groups in total. The summed E-state index contributed by atoms with van der Waals surface area (Å²) in [6.45, 7) is 3.89. The number of nitrogens with zero attached hydrogens (tertiary/aromatic N) is 1. The van der Waals surface area contributed by atoms with Crippen molar-refractivity contribution >= 4 is 19.8 Å². The predicted molar refractivity (Wildman–Crippen MR) is 243 cm³/mol. The number of carbonyl (C=O) groups excluding carboxylic acids is 2. The molecule has 0 aliphatic carbocycles. The van der Waals surface area contributed by atoms with Gasteiger partial charge >= 0.3 is 19.8 Å². The van der Waals surface area contributed by atoms with Gasteiger partial charge in [-0.1, -0.05) is 135 Å². The minimum absolute atomic E-state index is 0.0150. The van der Waals surface area contributed by atoms with Gasteiger partial charge in [-0.05, 0) is 83.5 Å². The van der Waals surface area contributed by atoms with Crippen molar-refractivity contribution in [1.29, 1.82) is 0 Å². The van der Waals surface area contributed by atoms with E-state index in [0.29, 0.717) is 30.3 Å². The molecule has 3 atom stereocenters. The number of ether oxygens (including phenoxy) is 2. The van der Waals surface area contributed by atoms with Gasteiger partial charge in [0.2, 0.25) is 0 Å². The third-order valence-corrected chi connectivity index (χ3v) is 9.07. The molecule has 0 bridgehead atoms. The van der Waals surface area contributed by atoms with Gasteiger partial charge in [0.05, 0.1) is 33.9 Å². The molecule has 0 aliphatic heterocycles. The van der Waals surface area contributed by atoms with Crippen molar-refractivity contribution in [3.05, 3.63) is 122 Å². The standard InChI is InChI=1S/C48H76NO9P/c1-6-8-10-12-14-16-18-20-21-23-25-27-29-31-35-39-47(51)55-43-46(44-57-59(53,54)56-42-41-49(3,4)5)58-48(52)40-36-32-34-38-45(50)37-33-30-28-26-24-22-19-17-15-13-11-9-7-2/h8-11,14-17,20-22,24-25,27-28,30,32-34,37,45-46,50H,6-7,12-13,18-19,23,26,29,31,35-36,38-44H2,1-5H3/p+1/b10-8-,11-9-,16-14-,17-15-,21-20-,24-22-,27-25-,30-28-,34-32-,37-33-/t45?,46-/m1/s1. The van der Waals surface area contributed by atoms with E-state index in [9.17, 15) is 24.2 Å². The fourth-order valence-electron chi connectivity index (χ4n) is 4.76. The maximum absolute atomic E-state index is 12.7.